The fourth-order valence-corrected chi connectivity index (χ4v) is 3.01. The van der Waals surface area contributed by atoms with Crippen molar-refractivity contribution in [3.05, 3.63) is 102 Å². The van der Waals surface area contributed by atoms with Gasteiger partial charge in [-0.05, 0) is 35.2 Å². The molecule has 0 fully saturated rings. The van der Waals surface area contributed by atoms with Gasteiger partial charge in [0.1, 0.15) is 6.61 Å². The predicted octanol–water partition coefficient (Wildman–Crippen LogP) is 5.04. The van der Waals surface area contributed by atoms with E-state index in [2.05, 4.69) is 5.32 Å². The van der Waals surface area contributed by atoms with Crippen molar-refractivity contribution in [2.45, 2.75) is 19.4 Å². The summed E-state index contributed by atoms with van der Waals surface area (Å²) < 4.78 is 11.4. The minimum Gasteiger partial charge on any atom is -0.493 e. The maximum absolute atomic E-state index is 12.0. The molecule has 3 aromatic carbocycles. The molecule has 4 heteroatoms. The van der Waals surface area contributed by atoms with Gasteiger partial charge in [0.15, 0.2) is 11.5 Å². The zero-order valence-corrected chi connectivity index (χ0v) is 17.2. The number of methoxy groups -OCH3 is 1. The van der Waals surface area contributed by atoms with Crippen molar-refractivity contribution >= 4 is 12.0 Å². The Balaban J connectivity index is 1.47. The second-order valence-corrected chi connectivity index (χ2v) is 6.88. The monoisotopic (exact) mass is 401 g/mol. The molecule has 0 saturated heterocycles. The fraction of sp³-hybridized carbons (Fsp3) is 0.192. The van der Waals surface area contributed by atoms with Gasteiger partial charge in [0.05, 0.1) is 7.11 Å². The smallest absolute Gasteiger partial charge is 0.223 e. The van der Waals surface area contributed by atoms with Crippen LogP contribution >= 0.6 is 0 Å². The number of nitrogens with one attached hydrogen (secondary N) is 1. The Bertz CT molecular complexity index is 953. The largest absolute Gasteiger partial charge is 0.493 e. The summed E-state index contributed by atoms with van der Waals surface area (Å²) >= 11 is 0. The van der Waals surface area contributed by atoms with Gasteiger partial charge in [0, 0.05) is 13.0 Å². The highest BCUT2D eigenvalue weighted by Crippen LogP contribution is 2.29. The van der Waals surface area contributed by atoms with Crippen LogP contribution in [0.25, 0.3) is 6.08 Å². The first-order valence-corrected chi connectivity index (χ1v) is 10.1. The number of ether oxygens (including phenoxy) is 2. The quantitative estimate of drug-likeness (QED) is 0.518. The summed E-state index contributed by atoms with van der Waals surface area (Å²) in [5, 5.41) is 2.96. The maximum Gasteiger partial charge on any atom is 0.223 e. The van der Waals surface area contributed by atoms with E-state index in [1.54, 1.807) is 7.11 Å². The third-order valence-electron chi connectivity index (χ3n) is 4.61. The van der Waals surface area contributed by atoms with Gasteiger partial charge >= 0.3 is 0 Å². The highest BCUT2D eigenvalue weighted by Gasteiger charge is 2.07. The number of carbonyl (C=O) groups is 1. The van der Waals surface area contributed by atoms with Gasteiger partial charge in [-0.2, -0.15) is 0 Å². The van der Waals surface area contributed by atoms with Crippen molar-refractivity contribution in [3.8, 4) is 11.5 Å². The molecule has 30 heavy (non-hydrogen) atoms. The predicted molar refractivity (Wildman–Crippen MR) is 121 cm³/mol. The highest BCUT2D eigenvalue weighted by atomic mass is 16.5. The standard InChI is InChI=1S/C26H27NO3/c1-29-24-16-15-22(19-25(24)30-20-23-11-6-3-7-12-23)17-18-27-26(28)14-8-13-21-9-4-2-5-10-21/h2-13,15-16,19H,14,17-18,20H2,1H3,(H,27,28). The van der Waals surface area contributed by atoms with Crippen LogP contribution in [-0.4, -0.2) is 19.6 Å². The lowest BCUT2D eigenvalue weighted by atomic mass is 10.1. The summed E-state index contributed by atoms with van der Waals surface area (Å²) in [6.07, 6.45) is 4.93. The first-order chi connectivity index (χ1) is 14.7. The average molecular weight is 402 g/mol. The lowest BCUT2D eigenvalue weighted by Gasteiger charge is -2.13. The molecule has 0 unspecified atom stereocenters. The van der Waals surface area contributed by atoms with Crippen molar-refractivity contribution in [2.24, 2.45) is 0 Å². The summed E-state index contributed by atoms with van der Waals surface area (Å²) in [5.41, 5.74) is 3.27. The Morgan fingerprint density at radius 1 is 0.900 bits per heavy atom. The molecular weight excluding hydrogens is 374 g/mol. The highest BCUT2D eigenvalue weighted by molar-refractivity contribution is 5.78. The van der Waals surface area contributed by atoms with Crippen LogP contribution < -0.4 is 14.8 Å². The molecule has 1 amide bonds. The molecule has 0 atom stereocenters. The van der Waals surface area contributed by atoms with Gasteiger partial charge in [-0.1, -0.05) is 78.9 Å². The molecule has 154 valence electrons. The van der Waals surface area contributed by atoms with Crippen LogP contribution in [0.5, 0.6) is 11.5 Å². The van der Waals surface area contributed by atoms with E-state index in [1.807, 2.05) is 91.0 Å². The van der Waals surface area contributed by atoms with E-state index in [9.17, 15) is 4.79 Å². The van der Waals surface area contributed by atoms with E-state index in [0.717, 1.165) is 23.1 Å². The Kier molecular flexibility index (Phi) is 8.10. The lowest BCUT2D eigenvalue weighted by Crippen LogP contribution is -2.24. The number of carbonyl (C=O) groups excluding carboxylic acids is 1. The number of benzene rings is 3. The third kappa shape index (κ3) is 6.82. The molecule has 0 aliphatic carbocycles. The van der Waals surface area contributed by atoms with E-state index in [-0.39, 0.29) is 5.91 Å². The molecule has 0 aliphatic heterocycles. The molecule has 0 spiro atoms. The molecule has 0 saturated carbocycles. The van der Waals surface area contributed by atoms with Crippen LogP contribution in [0.1, 0.15) is 23.1 Å². The second kappa shape index (κ2) is 11.5. The molecule has 3 aromatic rings. The van der Waals surface area contributed by atoms with Gasteiger partial charge in [-0.25, -0.2) is 0 Å². The van der Waals surface area contributed by atoms with Crippen molar-refractivity contribution in [2.75, 3.05) is 13.7 Å². The first kappa shape index (κ1) is 21.2. The molecule has 0 aromatic heterocycles. The number of hydrogen-bond acceptors (Lipinski definition) is 3. The Hall–Kier alpha value is -3.53. The van der Waals surface area contributed by atoms with Gasteiger partial charge in [-0.15, -0.1) is 0 Å². The normalized spacial score (nSPS) is 10.7. The van der Waals surface area contributed by atoms with Crippen LogP contribution in [0.3, 0.4) is 0 Å². The Morgan fingerprint density at radius 3 is 2.37 bits per heavy atom. The molecule has 0 bridgehead atoms. The number of amides is 1. The lowest BCUT2D eigenvalue weighted by molar-refractivity contribution is -0.120. The summed E-state index contributed by atoms with van der Waals surface area (Å²) in [5.74, 6) is 1.41. The fourth-order valence-electron chi connectivity index (χ4n) is 3.01. The maximum atomic E-state index is 12.0. The molecular formula is C26H27NO3. The third-order valence-corrected chi connectivity index (χ3v) is 4.61. The van der Waals surface area contributed by atoms with Gasteiger partial charge in [0.25, 0.3) is 0 Å². The topological polar surface area (TPSA) is 47.6 Å². The molecule has 0 aliphatic rings. The van der Waals surface area contributed by atoms with E-state index < -0.39 is 0 Å². The van der Waals surface area contributed by atoms with Crippen LogP contribution in [0.2, 0.25) is 0 Å². The average Bonchev–Trinajstić information content (AvgIpc) is 2.79. The SMILES string of the molecule is COc1ccc(CCNC(=O)CC=Cc2ccccc2)cc1OCc1ccccc1. The molecule has 4 nitrogen and oxygen atoms in total. The first-order valence-electron chi connectivity index (χ1n) is 10.1. The van der Waals surface area contributed by atoms with E-state index in [4.69, 9.17) is 9.47 Å². The van der Waals surface area contributed by atoms with Crippen LogP contribution in [0, 0.1) is 0 Å². The van der Waals surface area contributed by atoms with Crippen molar-refractivity contribution in [1.82, 2.24) is 5.32 Å². The molecule has 1 N–H and O–H groups in total. The summed E-state index contributed by atoms with van der Waals surface area (Å²) in [6.45, 7) is 1.05. The van der Waals surface area contributed by atoms with Gasteiger partial charge in [0.2, 0.25) is 5.91 Å². The van der Waals surface area contributed by atoms with Crippen LogP contribution in [-0.2, 0) is 17.8 Å². The van der Waals surface area contributed by atoms with E-state index >= 15 is 0 Å². The van der Waals surface area contributed by atoms with Crippen molar-refractivity contribution in [1.29, 1.82) is 0 Å². The molecule has 0 heterocycles. The minimum absolute atomic E-state index is 0.0104. The van der Waals surface area contributed by atoms with Crippen molar-refractivity contribution in [3.63, 3.8) is 0 Å². The Morgan fingerprint density at radius 2 is 1.63 bits per heavy atom. The number of hydrogen-bond donors (Lipinski definition) is 1. The van der Waals surface area contributed by atoms with E-state index in [0.29, 0.717) is 31.1 Å². The minimum atomic E-state index is 0.0104. The number of rotatable bonds is 10. The summed E-state index contributed by atoms with van der Waals surface area (Å²) in [7, 11) is 1.63. The van der Waals surface area contributed by atoms with Crippen LogP contribution in [0.4, 0.5) is 0 Å². The second-order valence-electron chi connectivity index (χ2n) is 6.88. The van der Waals surface area contributed by atoms with Crippen molar-refractivity contribution < 1.29 is 14.3 Å². The Labute approximate surface area is 178 Å². The zero-order chi connectivity index (χ0) is 21.0. The van der Waals surface area contributed by atoms with Gasteiger partial charge in [-0.3, -0.25) is 4.79 Å². The molecule has 0 radical (unpaired) electrons. The summed E-state index contributed by atoms with van der Waals surface area (Å²) in [6, 6.07) is 25.8. The summed E-state index contributed by atoms with van der Waals surface area (Å²) in [4.78, 5) is 12.0. The van der Waals surface area contributed by atoms with Gasteiger partial charge < -0.3 is 14.8 Å². The van der Waals surface area contributed by atoms with Crippen LogP contribution in [0.15, 0.2) is 84.9 Å². The van der Waals surface area contributed by atoms with E-state index in [1.165, 1.54) is 0 Å². The zero-order valence-electron chi connectivity index (χ0n) is 17.2. The molecule has 3 rings (SSSR count).